The molecule has 0 saturated carbocycles. The van der Waals surface area contributed by atoms with Crippen molar-refractivity contribution in [3.8, 4) is 11.5 Å². The maximum Gasteiger partial charge on any atom is 0.258 e. The third-order valence-electron chi connectivity index (χ3n) is 4.75. The number of carbonyl (C=O) groups is 1. The van der Waals surface area contributed by atoms with Crippen LogP contribution in [0.3, 0.4) is 0 Å². The van der Waals surface area contributed by atoms with E-state index in [0.29, 0.717) is 24.5 Å². The van der Waals surface area contributed by atoms with E-state index in [4.69, 9.17) is 16.1 Å². The van der Waals surface area contributed by atoms with E-state index < -0.39 is 11.6 Å². The lowest BCUT2D eigenvalue weighted by Gasteiger charge is -2.31. The van der Waals surface area contributed by atoms with Crippen molar-refractivity contribution in [2.45, 2.75) is 18.8 Å². The molecular weight excluding hydrogens is 388 g/mol. The minimum absolute atomic E-state index is 0.129. The lowest BCUT2D eigenvalue weighted by molar-refractivity contribution is 0.0703. The van der Waals surface area contributed by atoms with Crippen molar-refractivity contribution >= 4 is 17.5 Å². The monoisotopic (exact) mass is 403 g/mol. The van der Waals surface area contributed by atoms with Crippen LogP contribution < -0.4 is 0 Å². The van der Waals surface area contributed by atoms with Gasteiger partial charge >= 0.3 is 0 Å². The van der Waals surface area contributed by atoms with Gasteiger partial charge in [-0.2, -0.15) is 4.98 Å². The zero-order chi connectivity index (χ0) is 19.7. The molecule has 5 nitrogen and oxygen atoms in total. The molecule has 4 rings (SSSR count). The summed E-state index contributed by atoms with van der Waals surface area (Å²) in [7, 11) is 0. The molecule has 144 valence electrons. The molecule has 1 aromatic heterocycles. The first kappa shape index (κ1) is 18.6. The first-order valence-corrected chi connectivity index (χ1v) is 9.23. The van der Waals surface area contributed by atoms with E-state index >= 15 is 0 Å². The van der Waals surface area contributed by atoms with Crippen LogP contribution in [0.15, 0.2) is 47.0 Å². The van der Waals surface area contributed by atoms with Gasteiger partial charge in [-0.25, -0.2) is 8.78 Å². The van der Waals surface area contributed by atoms with Crippen LogP contribution in [-0.4, -0.2) is 34.0 Å². The van der Waals surface area contributed by atoms with Crippen LogP contribution in [0.25, 0.3) is 11.5 Å². The highest BCUT2D eigenvalue weighted by Crippen LogP contribution is 2.29. The fraction of sp³-hybridized carbons (Fsp3) is 0.250. The van der Waals surface area contributed by atoms with Gasteiger partial charge in [0, 0.05) is 24.6 Å². The fourth-order valence-electron chi connectivity index (χ4n) is 3.34. The number of amides is 1. The molecule has 0 aliphatic carbocycles. The van der Waals surface area contributed by atoms with Gasteiger partial charge in [0.25, 0.3) is 11.8 Å². The molecule has 28 heavy (non-hydrogen) atoms. The summed E-state index contributed by atoms with van der Waals surface area (Å²) in [5, 5.41) is 4.22. The minimum Gasteiger partial charge on any atom is -0.338 e. The Hall–Kier alpha value is -2.80. The van der Waals surface area contributed by atoms with Gasteiger partial charge < -0.3 is 9.42 Å². The van der Waals surface area contributed by atoms with Crippen molar-refractivity contribution < 1.29 is 18.1 Å². The van der Waals surface area contributed by atoms with Crippen molar-refractivity contribution in [3.63, 3.8) is 0 Å². The molecule has 3 aromatic rings. The van der Waals surface area contributed by atoms with Gasteiger partial charge in [-0.3, -0.25) is 4.79 Å². The summed E-state index contributed by atoms with van der Waals surface area (Å²) in [4.78, 5) is 18.8. The van der Waals surface area contributed by atoms with E-state index in [1.807, 2.05) is 0 Å². The molecule has 0 bridgehead atoms. The van der Waals surface area contributed by atoms with Crippen molar-refractivity contribution in [1.29, 1.82) is 0 Å². The maximum absolute atomic E-state index is 13.5. The van der Waals surface area contributed by atoms with E-state index in [1.165, 1.54) is 24.3 Å². The Labute approximate surface area is 164 Å². The highest BCUT2D eigenvalue weighted by atomic mass is 35.5. The summed E-state index contributed by atoms with van der Waals surface area (Å²) in [6, 6.07) is 9.64. The second-order valence-corrected chi connectivity index (χ2v) is 7.09. The topological polar surface area (TPSA) is 59.2 Å². The molecule has 1 saturated heterocycles. The van der Waals surface area contributed by atoms with Crippen LogP contribution >= 0.6 is 11.6 Å². The Morgan fingerprint density at radius 3 is 2.82 bits per heavy atom. The van der Waals surface area contributed by atoms with Gasteiger partial charge in [0.05, 0.1) is 10.6 Å². The zero-order valence-corrected chi connectivity index (χ0v) is 15.5. The normalized spacial score (nSPS) is 17.0. The summed E-state index contributed by atoms with van der Waals surface area (Å²) in [6.07, 6.45) is 1.52. The largest absolute Gasteiger partial charge is 0.338 e. The van der Waals surface area contributed by atoms with Crippen LogP contribution in [0.2, 0.25) is 5.02 Å². The number of piperidine rings is 1. The van der Waals surface area contributed by atoms with Gasteiger partial charge in [-0.15, -0.1) is 0 Å². The van der Waals surface area contributed by atoms with Crippen molar-refractivity contribution in [1.82, 2.24) is 15.0 Å². The SMILES string of the molecule is O=C(c1cc(F)ccc1Cl)N1CCC[C@@H](c2noc(-c3cccc(F)c3)n2)C1. The molecule has 2 aromatic carbocycles. The predicted octanol–water partition coefficient (Wildman–Crippen LogP) is 4.69. The highest BCUT2D eigenvalue weighted by Gasteiger charge is 2.29. The van der Waals surface area contributed by atoms with Crippen LogP contribution in [0.1, 0.15) is 34.9 Å². The number of benzene rings is 2. The van der Waals surface area contributed by atoms with Crippen LogP contribution in [-0.2, 0) is 0 Å². The van der Waals surface area contributed by atoms with E-state index in [0.717, 1.165) is 18.9 Å². The average Bonchev–Trinajstić information content (AvgIpc) is 3.20. The second kappa shape index (κ2) is 7.67. The summed E-state index contributed by atoms with van der Waals surface area (Å²) in [5.74, 6) is -0.676. The quantitative estimate of drug-likeness (QED) is 0.636. The van der Waals surface area contributed by atoms with Gasteiger partial charge in [0.2, 0.25) is 0 Å². The molecular formula is C20H16ClF2N3O2. The summed E-state index contributed by atoms with van der Waals surface area (Å²) in [6.45, 7) is 0.907. The van der Waals surface area contributed by atoms with Gasteiger partial charge in [0.15, 0.2) is 5.82 Å². The predicted molar refractivity (Wildman–Crippen MR) is 99.0 cm³/mol. The smallest absolute Gasteiger partial charge is 0.258 e. The molecule has 1 fully saturated rings. The Morgan fingerprint density at radius 2 is 2.00 bits per heavy atom. The first-order chi connectivity index (χ1) is 13.5. The van der Waals surface area contributed by atoms with Gasteiger partial charge in [-0.1, -0.05) is 22.8 Å². The highest BCUT2D eigenvalue weighted by molar-refractivity contribution is 6.33. The van der Waals surface area contributed by atoms with E-state index in [9.17, 15) is 13.6 Å². The van der Waals surface area contributed by atoms with E-state index in [-0.39, 0.29) is 28.3 Å². The summed E-state index contributed by atoms with van der Waals surface area (Å²) < 4.78 is 32.2. The molecule has 1 atom stereocenters. The number of rotatable bonds is 3. The Morgan fingerprint density at radius 1 is 1.18 bits per heavy atom. The van der Waals surface area contributed by atoms with Crippen LogP contribution in [0.4, 0.5) is 8.78 Å². The van der Waals surface area contributed by atoms with Crippen molar-refractivity contribution in [3.05, 3.63) is 70.5 Å². The molecule has 2 heterocycles. The Bertz CT molecular complexity index is 1020. The number of hydrogen-bond acceptors (Lipinski definition) is 4. The van der Waals surface area contributed by atoms with Gasteiger partial charge in [0.1, 0.15) is 11.6 Å². The van der Waals surface area contributed by atoms with Crippen LogP contribution in [0, 0.1) is 11.6 Å². The van der Waals surface area contributed by atoms with Crippen LogP contribution in [0.5, 0.6) is 0 Å². The van der Waals surface area contributed by atoms with E-state index in [1.54, 1.807) is 17.0 Å². The Balaban J connectivity index is 1.53. The lowest BCUT2D eigenvalue weighted by Crippen LogP contribution is -2.39. The number of hydrogen-bond donors (Lipinski definition) is 0. The van der Waals surface area contributed by atoms with E-state index in [2.05, 4.69) is 10.1 Å². The molecule has 0 spiro atoms. The first-order valence-electron chi connectivity index (χ1n) is 8.85. The zero-order valence-electron chi connectivity index (χ0n) is 14.7. The number of carbonyl (C=O) groups excluding carboxylic acids is 1. The second-order valence-electron chi connectivity index (χ2n) is 6.68. The Kier molecular flexibility index (Phi) is 5.09. The molecule has 1 amide bonds. The van der Waals surface area contributed by atoms with Crippen molar-refractivity contribution in [2.75, 3.05) is 13.1 Å². The number of halogens is 3. The fourth-order valence-corrected chi connectivity index (χ4v) is 3.54. The third-order valence-corrected chi connectivity index (χ3v) is 5.08. The van der Waals surface area contributed by atoms with Gasteiger partial charge in [-0.05, 0) is 49.2 Å². The molecule has 0 N–H and O–H groups in total. The molecule has 0 radical (unpaired) electrons. The van der Waals surface area contributed by atoms with Crippen molar-refractivity contribution in [2.24, 2.45) is 0 Å². The molecule has 1 aliphatic rings. The standard InChI is InChI=1S/C20H16ClF2N3O2/c21-17-7-6-15(23)10-16(17)20(27)26-8-2-4-13(11-26)18-24-19(28-25-18)12-3-1-5-14(22)9-12/h1,3,5-7,9-10,13H,2,4,8,11H2/t13-/m1/s1. The summed E-state index contributed by atoms with van der Waals surface area (Å²) >= 11 is 6.06. The minimum atomic E-state index is -0.515. The average molecular weight is 404 g/mol. The number of likely N-dealkylation sites (tertiary alicyclic amines) is 1. The third kappa shape index (κ3) is 3.75. The molecule has 1 aliphatic heterocycles. The summed E-state index contributed by atoms with van der Waals surface area (Å²) in [5.41, 5.74) is 0.630. The lowest BCUT2D eigenvalue weighted by atomic mass is 9.96. The molecule has 0 unspecified atom stereocenters. The number of aromatic nitrogens is 2. The maximum atomic E-state index is 13.5. The molecule has 8 heteroatoms. The number of nitrogens with zero attached hydrogens (tertiary/aromatic N) is 3.